The lowest BCUT2D eigenvalue weighted by molar-refractivity contribution is 0.0760. The summed E-state index contributed by atoms with van der Waals surface area (Å²) in [5.74, 6) is 0. The summed E-state index contributed by atoms with van der Waals surface area (Å²) < 4.78 is 2.10. The highest BCUT2D eigenvalue weighted by molar-refractivity contribution is 5.40. The van der Waals surface area contributed by atoms with Crippen molar-refractivity contribution in [3.8, 4) is 6.07 Å². The Labute approximate surface area is 160 Å². The summed E-state index contributed by atoms with van der Waals surface area (Å²) in [6.45, 7) is 3.04. The van der Waals surface area contributed by atoms with Crippen LogP contribution in [-0.2, 0) is 0 Å². The van der Waals surface area contributed by atoms with Crippen LogP contribution in [0.15, 0.2) is 48.9 Å². The van der Waals surface area contributed by atoms with Gasteiger partial charge in [0.1, 0.15) is 5.65 Å². The van der Waals surface area contributed by atoms with E-state index in [0.29, 0.717) is 6.42 Å². The van der Waals surface area contributed by atoms with Gasteiger partial charge in [-0.1, -0.05) is 12.1 Å². The first-order valence-electron chi connectivity index (χ1n) is 9.76. The molecule has 5 nitrogen and oxygen atoms in total. The van der Waals surface area contributed by atoms with Crippen molar-refractivity contribution >= 4 is 5.65 Å². The van der Waals surface area contributed by atoms with E-state index in [1.54, 1.807) is 0 Å². The van der Waals surface area contributed by atoms with Crippen molar-refractivity contribution in [1.29, 1.82) is 5.26 Å². The molecule has 0 saturated carbocycles. The summed E-state index contributed by atoms with van der Waals surface area (Å²) in [4.78, 5) is 12.2. The van der Waals surface area contributed by atoms with Gasteiger partial charge in [-0.05, 0) is 56.4 Å². The molecule has 27 heavy (non-hydrogen) atoms. The van der Waals surface area contributed by atoms with E-state index in [1.807, 2.05) is 30.5 Å². The maximum Gasteiger partial charge on any atom is 0.137 e. The van der Waals surface area contributed by atoms with Crippen molar-refractivity contribution in [2.75, 3.05) is 6.54 Å². The fourth-order valence-electron chi connectivity index (χ4n) is 4.28. The number of nitrogens with zero attached hydrogens (tertiary/aromatic N) is 5. The lowest BCUT2D eigenvalue weighted by Crippen LogP contribution is -2.38. The van der Waals surface area contributed by atoms with Gasteiger partial charge in [-0.25, -0.2) is 4.98 Å². The highest BCUT2D eigenvalue weighted by atomic mass is 15.2. The molecular formula is C22H25N5. The molecule has 0 radical (unpaired) electrons. The first-order chi connectivity index (χ1) is 13.3. The van der Waals surface area contributed by atoms with Gasteiger partial charge in [0.25, 0.3) is 0 Å². The molecule has 0 spiro atoms. The maximum absolute atomic E-state index is 9.00. The van der Waals surface area contributed by atoms with E-state index in [0.717, 1.165) is 43.6 Å². The second-order valence-electron chi connectivity index (χ2n) is 7.30. The molecule has 0 amide bonds. The van der Waals surface area contributed by atoms with Crippen molar-refractivity contribution in [3.05, 3.63) is 65.9 Å². The molecule has 4 rings (SSSR count). The molecule has 0 aliphatic carbocycles. The Kier molecular flexibility index (Phi) is 5.17. The molecule has 1 aliphatic heterocycles. The Balaban J connectivity index is 1.70. The van der Waals surface area contributed by atoms with Crippen molar-refractivity contribution in [1.82, 2.24) is 19.3 Å². The van der Waals surface area contributed by atoms with Gasteiger partial charge in [0.05, 0.1) is 29.5 Å². The number of hydrogen-bond donors (Lipinski definition) is 0. The molecule has 1 fully saturated rings. The van der Waals surface area contributed by atoms with Gasteiger partial charge in [-0.3, -0.25) is 9.88 Å². The molecule has 0 aromatic carbocycles. The molecule has 4 heterocycles. The molecule has 0 unspecified atom stereocenters. The Morgan fingerprint density at radius 2 is 2.07 bits per heavy atom. The van der Waals surface area contributed by atoms with E-state index in [1.165, 1.54) is 11.3 Å². The molecule has 3 aromatic heterocycles. The van der Waals surface area contributed by atoms with Gasteiger partial charge in [-0.2, -0.15) is 5.26 Å². The lowest BCUT2D eigenvalue weighted by atomic mass is 9.90. The predicted octanol–water partition coefficient (Wildman–Crippen LogP) is 4.61. The molecule has 0 bridgehead atoms. The first-order valence-corrected chi connectivity index (χ1v) is 9.76. The van der Waals surface area contributed by atoms with Gasteiger partial charge in [0, 0.05) is 31.6 Å². The van der Waals surface area contributed by atoms with Crippen molar-refractivity contribution in [2.24, 2.45) is 0 Å². The molecule has 5 heteroatoms. The number of imidazole rings is 1. The van der Waals surface area contributed by atoms with E-state index in [9.17, 15) is 0 Å². The normalized spacial score (nSPS) is 20.6. The van der Waals surface area contributed by atoms with E-state index < -0.39 is 0 Å². The van der Waals surface area contributed by atoms with E-state index in [-0.39, 0.29) is 12.1 Å². The molecule has 1 saturated heterocycles. The third-order valence-corrected chi connectivity index (χ3v) is 5.55. The zero-order valence-corrected chi connectivity index (χ0v) is 15.8. The van der Waals surface area contributed by atoms with Crippen molar-refractivity contribution in [3.63, 3.8) is 0 Å². The number of aryl methyl sites for hydroxylation is 1. The molecule has 138 valence electrons. The van der Waals surface area contributed by atoms with Gasteiger partial charge in [-0.15, -0.1) is 0 Å². The third kappa shape index (κ3) is 3.58. The molecule has 0 N–H and O–H groups in total. The quantitative estimate of drug-likeness (QED) is 0.624. The second-order valence-corrected chi connectivity index (χ2v) is 7.30. The Morgan fingerprint density at radius 1 is 1.19 bits per heavy atom. The van der Waals surface area contributed by atoms with E-state index in [2.05, 4.69) is 40.8 Å². The fraction of sp³-hybridized carbons (Fsp3) is 0.409. The predicted molar refractivity (Wildman–Crippen MR) is 105 cm³/mol. The minimum Gasteiger partial charge on any atom is -0.307 e. The number of rotatable bonds is 5. The first kappa shape index (κ1) is 17.7. The van der Waals surface area contributed by atoms with Crippen LogP contribution in [0.1, 0.15) is 61.1 Å². The number of hydrogen-bond acceptors (Lipinski definition) is 4. The summed E-state index contributed by atoms with van der Waals surface area (Å²) in [5, 5.41) is 9.00. The van der Waals surface area contributed by atoms with Crippen LogP contribution in [0, 0.1) is 18.3 Å². The summed E-state index contributed by atoms with van der Waals surface area (Å²) in [6, 6.07) is 13.1. The van der Waals surface area contributed by atoms with Crippen LogP contribution in [0.3, 0.4) is 0 Å². The van der Waals surface area contributed by atoms with Gasteiger partial charge < -0.3 is 4.40 Å². The summed E-state index contributed by atoms with van der Waals surface area (Å²) >= 11 is 0. The highest BCUT2D eigenvalue weighted by Gasteiger charge is 2.34. The average Bonchev–Trinajstić information content (AvgIpc) is 3.13. The Morgan fingerprint density at radius 3 is 2.89 bits per heavy atom. The summed E-state index contributed by atoms with van der Waals surface area (Å²) in [6.07, 6.45) is 10.9. The van der Waals surface area contributed by atoms with Crippen molar-refractivity contribution < 1.29 is 0 Å². The highest BCUT2D eigenvalue weighted by Crippen LogP contribution is 2.41. The monoisotopic (exact) mass is 359 g/mol. The number of pyridine rings is 2. The van der Waals surface area contributed by atoms with Crippen LogP contribution < -0.4 is 0 Å². The average molecular weight is 359 g/mol. The molecule has 3 aromatic rings. The van der Waals surface area contributed by atoms with Crippen LogP contribution in [0.4, 0.5) is 0 Å². The number of fused-ring (bicyclic) bond motifs is 1. The van der Waals surface area contributed by atoms with Crippen molar-refractivity contribution in [2.45, 2.75) is 51.1 Å². The van der Waals surface area contributed by atoms with Crippen LogP contribution >= 0.6 is 0 Å². The van der Waals surface area contributed by atoms with Gasteiger partial charge in [0.15, 0.2) is 0 Å². The standard InChI is InChI=1S/C22H25N5/c1-17-8-7-13-24-22(17)20-10-6-9-19(27(20)15-5-3-12-23)18-16-26-14-4-2-11-21(26)25-18/h2,4,7-8,11,13-14,16,19-20H,3,5-6,9-10,15H2,1H3/t19-,20+/m1/s1. The largest absolute Gasteiger partial charge is 0.307 e. The number of unbranched alkanes of at least 4 members (excludes halogenated alkanes) is 1. The van der Waals surface area contributed by atoms with Crippen LogP contribution in [-0.4, -0.2) is 25.8 Å². The van der Waals surface area contributed by atoms with Crippen LogP contribution in [0.25, 0.3) is 5.65 Å². The summed E-state index contributed by atoms with van der Waals surface area (Å²) in [7, 11) is 0. The minimum atomic E-state index is 0.267. The van der Waals surface area contributed by atoms with Crippen LogP contribution in [0.5, 0.6) is 0 Å². The van der Waals surface area contributed by atoms with Gasteiger partial charge in [0.2, 0.25) is 0 Å². The topological polar surface area (TPSA) is 57.2 Å². The number of likely N-dealkylation sites (tertiary alicyclic amines) is 1. The fourth-order valence-corrected chi connectivity index (χ4v) is 4.28. The Bertz CT molecular complexity index is 921. The smallest absolute Gasteiger partial charge is 0.137 e. The van der Waals surface area contributed by atoms with E-state index in [4.69, 9.17) is 15.2 Å². The minimum absolute atomic E-state index is 0.267. The third-order valence-electron chi connectivity index (χ3n) is 5.55. The number of nitriles is 1. The SMILES string of the molecule is Cc1cccnc1[C@@H]1CCC[C@H](c2cn3ccccc3n2)N1CCCC#N. The van der Waals surface area contributed by atoms with Gasteiger partial charge >= 0.3 is 0 Å². The zero-order chi connectivity index (χ0) is 18.6. The second kappa shape index (κ2) is 7.89. The maximum atomic E-state index is 9.00. The van der Waals surface area contributed by atoms with E-state index >= 15 is 0 Å². The molecular weight excluding hydrogens is 334 g/mol. The zero-order valence-electron chi connectivity index (χ0n) is 15.8. The lowest BCUT2D eigenvalue weighted by Gasteiger charge is -2.41. The number of piperidine rings is 1. The molecule has 2 atom stereocenters. The van der Waals surface area contributed by atoms with Crippen LogP contribution in [0.2, 0.25) is 0 Å². The summed E-state index contributed by atoms with van der Waals surface area (Å²) in [5.41, 5.74) is 4.52. The Hall–Kier alpha value is -2.71. The number of aromatic nitrogens is 3. The molecule has 1 aliphatic rings.